The van der Waals surface area contributed by atoms with Gasteiger partial charge in [0.15, 0.2) is 6.61 Å². The second kappa shape index (κ2) is 5.46. The zero-order valence-electron chi connectivity index (χ0n) is 8.87. The number of non-ortho nitro benzene ring substituents is 1. The molecular weight excluding hydrogens is 228 g/mol. The van der Waals surface area contributed by atoms with Crippen molar-refractivity contribution in [1.29, 1.82) is 5.26 Å². The minimum absolute atomic E-state index is 0.0862. The molecular formula is C10H8N2O5. The van der Waals surface area contributed by atoms with Gasteiger partial charge >= 0.3 is 5.97 Å². The molecule has 1 aromatic carbocycles. The average molecular weight is 236 g/mol. The summed E-state index contributed by atoms with van der Waals surface area (Å²) in [5, 5.41) is 18.8. The van der Waals surface area contributed by atoms with Crippen molar-refractivity contribution in [2.45, 2.75) is 0 Å². The first-order valence-electron chi connectivity index (χ1n) is 4.46. The van der Waals surface area contributed by atoms with Crippen LogP contribution in [0, 0.1) is 21.4 Å². The van der Waals surface area contributed by atoms with Crippen LogP contribution in [0.25, 0.3) is 0 Å². The molecule has 0 N–H and O–H groups in total. The lowest BCUT2D eigenvalue weighted by molar-refractivity contribution is -0.384. The zero-order valence-corrected chi connectivity index (χ0v) is 8.87. The SMILES string of the molecule is COc1ccc([N+](=O)[O-])cc1C(=O)OCC#N. The van der Waals surface area contributed by atoms with Gasteiger partial charge in [-0.25, -0.2) is 4.79 Å². The normalized spacial score (nSPS) is 9.18. The van der Waals surface area contributed by atoms with Crippen molar-refractivity contribution in [1.82, 2.24) is 0 Å². The number of ether oxygens (including phenoxy) is 2. The number of benzene rings is 1. The predicted octanol–water partition coefficient (Wildman–Crippen LogP) is 1.28. The number of carbonyl (C=O) groups is 1. The van der Waals surface area contributed by atoms with Gasteiger partial charge in [0.1, 0.15) is 17.4 Å². The van der Waals surface area contributed by atoms with Crippen molar-refractivity contribution in [2.75, 3.05) is 13.7 Å². The maximum atomic E-state index is 11.5. The van der Waals surface area contributed by atoms with Crippen LogP contribution in [0.2, 0.25) is 0 Å². The molecule has 1 aromatic rings. The number of carbonyl (C=O) groups excluding carboxylic acids is 1. The first kappa shape index (κ1) is 12.4. The van der Waals surface area contributed by atoms with E-state index in [0.29, 0.717) is 0 Å². The molecule has 0 saturated carbocycles. The molecule has 0 aliphatic carbocycles. The molecule has 17 heavy (non-hydrogen) atoms. The minimum Gasteiger partial charge on any atom is -0.496 e. The molecule has 0 atom stereocenters. The molecule has 88 valence electrons. The molecule has 7 nitrogen and oxygen atoms in total. The molecule has 0 heterocycles. The second-order valence-electron chi connectivity index (χ2n) is 2.88. The lowest BCUT2D eigenvalue weighted by Gasteiger charge is -2.06. The molecule has 0 aliphatic heterocycles. The number of nitrogens with zero attached hydrogens (tertiary/aromatic N) is 2. The van der Waals surface area contributed by atoms with E-state index in [4.69, 9.17) is 10.00 Å². The number of nitro benzene ring substituents is 1. The van der Waals surface area contributed by atoms with Crippen LogP contribution < -0.4 is 4.74 Å². The smallest absolute Gasteiger partial charge is 0.343 e. The summed E-state index contributed by atoms with van der Waals surface area (Å²) in [6.07, 6.45) is 0. The van der Waals surface area contributed by atoms with E-state index < -0.39 is 17.5 Å². The highest BCUT2D eigenvalue weighted by Gasteiger charge is 2.18. The number of nitro groups is 1. The molecule has 0 saturated heterocycles. The summed E-state index contributed by atoms with van der Waals surface area (Å²) in [5.74, 6) is -0.689. The van der Waals surface area contributed by atoms with Crippen LogP contribution in [-0.4, -0.2) is 24.6 Å². The Morgan fingerprint density at radius 2 is 2.29 bits per heavy atom. The maximum Gasteiger partial charge on any atom is 0.343 e. The van der Waals surface area contributed by atoms with Crippen molar-refractivity contribution in [3.05, 3.63) is 33.9 Å². The van der Waals surface area contributed by atoms with E-state index in [1.54, 1.807) is 6.07 Å². The van der Waals surface area contributed by atoms with Crippen molar-refractivity contribution in [3.63, 3.8) is 0 Å². The van der Waals surface area contributed by atoms with Crippen molar-refractivity contribution in [3.8, 4) is 11.8 Å². The number of esters is 1. The molecule has 0 aliphatic rings. The van der Waals surface area contributed by atoms with Crippen LogP contribution in [0.15, 0.2) is 18.2 Å². The number of nitriles is 1. The first-order chi connectivity index (χ1) is 8.10. The molecule has 0 fully saturated rings. The van der Waals surface area contributed by atoms with Gasteiger partial charge in [0.05, 0.1) is 12.0 Å². The molecule has 1 rings (SSSR count). The van der Waals surface area contributed by atoms with E-state index >= 15 is 0 Å². The summed E-state index contributed by atoms with van der Waals surface area (Å²) < 4.78 is 9.43. The standard InChI is InChI=1S/C10H8N2O5/c1-16-9-3-2-7(12(14)15)6-8(9)10(13)17-5-4-11/h2-3,6H,5H2,1H3. The summed E-state index contributed by atoms with van der Waals surface area (Å²) in [6, 6.07) is 5.17. The number of hydrogen-bond donors (Lipinski definition) is 0. The molecule has 0 radical (unpaired) electrons. The van der Waals surface area contributed by atoms with E-state index in [9.17, 15) is 14.9 Å². The summed E-state index contributed by atoms with van der Waals surface area (Å²) in [7, 11) is 1.32. The van der Waals surface area contributed by atoms with E-state index in [1.807, 2.05) is 0 Å². The number of rotatable bonds is 4. The van der Waals surface area contributed by atoms with Crippen molar-refractivity contribution >= 4 is 11.7 Å². The van der Waals surface area contributed by atoms with Gasteiger partial charge in [0, 0.05) is 12.1 Å². The third-order valence-electron chi connectivity index (χ3n) is 1.88. The number of methoxy groups -OCH3 is 1. The third-order valence-corrected chi connectivity index (χ3v) is 1.88. The van der Waals surface area contributed by atoms with Gasteiger partial charge in [-0.15, -0.1) is 0 Å². The minimum atomic E-state index is -0.841. The van der Waals surface area contributed by atoms with Crippen molar-refractivity contribution in [2.24, 2.45) is 0 Å². The maximum absolute atomic E-state index is 11.5. The van der Waals surface area contributed by atoms with Gasteiger partial charge in [-0.05, 0) is 6.07 Å². The fourth-order valence-corrected chi connectivity index (χ4v) is 1.14. The Kier molecular flexibility index (Phi) is 4.00. The van der Waals surface area contributed by atoms with E-state index in [-0.39, 0.29) is 17.0 Å². The van der Waals surface area contributed by atoms with Crippen LogP contribution in [0.3, 0.4) is 0 Å². The van der Waals surface area contributed by atoms with Crippen LogP contribution in [0.4, 0.5) is 5.69 Å². The monoisotopic (exact) mass is 236 g/mol. The van der Waals surface area contributed by atoms with E-state index in [0.717, 1.165) is 6.07 Å². The van der Waals surface area contributed by atoms with Gasteiger partial charge < -0.3 is 9.47 Å². The van der Waals surface area contributed by atoms with Crippen LogP contribution in [-0.2, 0) is 4.74 Å². The number of hydrogen-bond acceptors (Lipinski definition) is 6. The molecule has 0 unspecified atom stereocenters. The zero-order chi connectivity index (χ0) is 12.8. The van der Waals surface area contributed by atoms with Crippen molar-refractivity contribution < 1.29 is 19.2 Å². The van der Waals surface area contributed by atoms with Crippen LogP contribution in [0.1, 0.15) is 10.4 Å². The van der Waals surface area contributed by atoms with Gasteiger partial charge in [0.2, 0.25) is 0 Å². The predicted molar refractivity (Wildman–Crippen MR) is 55.5 cm³/mol. The fourth-order valence-electron chi connectivity index (χ4n) is 1.14. The third kappa shape index (κ3) is 2.92. The Balaban J connectivity index is 3.10. The van der Waals surface area contributed by atoms with Gasteiger partial charge in [0.25, 0.3) is 5.69 Å². The summed E-state index contributed by atoms with van der Waals surface area (Å²) in [5.41, 5.74) is -0.341. The highest BCUT2D eigenvalue weighted by atomic mass is 16.6. The highest BCUT2D eigenvalue weighted by molar-refractivity contribution is 5.93. The Morgan fingerprint density at radius 3 is 2.82 bits per heavy atom. The molecule has 0 amide bonds. The largest absolute Gasteiger partial charge is 0.496 e. The van der Waals surface area contributed by atoms with Gasteiger partial charge in [-0.1, -0.05) is 0 Å². The topological polar surface area (TPSA) is 102 Å². The summed E-state index contributed by atoms with van der Waals surface area (Å²) in [4.78, 5) is 21.4. The van der Waals surface area contributed by atoms with Crippen LogP contribution in [0.5, 0.6) is 5.75 Å². The van der Waals surface area contributed by atoms with E-state index in [2.05, 4.69) is 4.74 Å². The lowest BCUT2D eigenvalue weighted by atomic mass is 10.2. The summed E-state index contributed by atoms with van der Waals surface area (Å²) in [6.45, 7) is -0.426. The Morgan fingerprint density at radius 1 is 1.59 bits per heavy atom. The molecule has 7 heteroatoms. The molecule has 0 spiro atoms. The Labute approximate surface area is 96.3 Å². The lowest BCUT2D eigenvalue weighted by Crippen LogP contribution is -2.08. The second-order valence-corrected chi connectivity index (χ2v) is 2.88. The summed E-state index contributed by atoms with van der Waals surface area (Å²) >= 11 is 0. The van der Waals surface area contributed by atoms with Gasteiger partial charge in [-0.3, -0.25) is 10.1 Å². The highest BCUT2D eigenvalue weighted by Crippen LogP contribution is 2.24. The first-order valence-corrected chi connectivity index (χ1v) is 4.46. The van der Waals surface area contributed by atoms with E-state index in [1.165, 1.54) is 19.2 Å². The molecule has 0 bridgehead atoms. The Bertz CT molecular complexity index is 492. The van der Waals surface area contributed by atoms with Gasteiger partial charge in [-0.2, -0.15) is 5.26 Å². The Hall–Kier alpha value is -2.62. The fraction of sp³-hybridized carbons (Fsp3) is 0.200. The quantitative estimate of drug-likeness (QED) is 0.443. The van der Waals surface area contributed by atoms with Crippen LogP contribution >= 0.6 is 0 Å². The molecule has 0 aromatic heterocycles. The average Bonchev–Trinajstić information content (AvgIpc) is 2.34.